The van der Waals surface area contributed by atoms with Gasteiger partial charge in [0.25, 0.3) is 0 Å². The van der Waals surface area contributed by atoms with Crippen molar-refractivity contribution in [3.8, 4) is 17.2 Å². The Kier molecular flexibility index (Phi) is 6.63. The zero-order chi connectivity index (χ0) is 18.2. The summed E-state index contributed by atoms with van der Waals surface area (Å²) >= 11 is 6.20. The second kappa shape index (κ2) is 9.36. The van der Waals surface area contributed by atoms with E-state index in [1.807, 2.05) is 54.6 Å². The lowest BCUT2D eigenvalue weighted by Gasteiger charge is -2.19. The van der Waals surface area contributed by atoms with E-state index in [0.29, 0.717) is 30.0 Å². The number of para-hydroxylation sites is 1. The highest BCUT2D eigenvalue weighted by Crippen LogP contribution is 2.26. The quantitative estimate of drug-likeness (QED) is 0.546. The Hall–Kier alpha value is -2.37. The maximum Gasteiger partial charge on any atom is 0.249 e. The van der Waals surface area contributed by atoms with Gasteiger partial charge in [0.05, 0.1) is 17.1 Å². The third-order valence-electron chi connectivity index (χ3n) is 3.89. The highest BCUT2D eigenvalue weighted by molar-refractivity contribution is 6.33. The van der Waals surface area contributed by atoms with E-state index in [4.69, 9.17) is 20.8 Å². The highest BCUT2D eigenvalue weighted by Gasteiger charge is 2.14. The Bertz CT molecular complexity index is 808. The standard InChI is InChI=1S/C20H22ClN3O2/c1-2-12-24(13-14-25-16-8-4-3-5-9-16)15-19-22-23-20(26-19)17-10-6-7-11-18(17)21/h3-11H,2,12-15H2,1H3. The molecule has 5 nitrogen and oxygen atoms in total. The van der Waals surface area contributed by atoms with Crippen LogP contribution >= 0.6 is 11.6 Å². The average Bonchev–Trinajstić information content (AvgIpc) is 3.11. The number of ether oxygens (including phenoxy) is 1. The van der Waals surface area contributed by atoms with E-state index in [1.165, 1.54) is 0 Å². The third kappa shape index (κ3) is 5.07. The molecule has 26 heavy (non-hydrogen) atoms. The maximum absolute atomic E-state index is 6.20. The highest BCUT2D eigenvalue weighted by atomic mass is 35.5. The van der Waals surface area contributed by atoms with Crippen LogP contribution in [0.2, 0.25) is 5.02 Å². The summed E-state index contributed by atoms with van der Waals surface area (Å²) < 4.78 is 11.6. The minimum Gasteiger partial charge on any atom is -0.492 e. The van der Waals surface area contributed by atoms with Gasteiger partial charge in [-0.1, -0.05) is 48.9 Å². The lowest BCUT2D eigenvalue weighted by atomic mass is 10.2. The van der Waals surface area contributed by atoms with E-state index in [2.05, 4.69) is 22.0 Å². The largest absolute Gasteiger partial charge is 0.492 e. The van der Waals surface area contributed by atoms with Crippen LogP contribution in [0.25, 0.3) is 11.5 Å². The number of nitrogens with zero attached hydrogens (tertiary/aromatic N) is 3. The van der Waals surface area contributed by atoms with E-state index in [-0.39, 0.29) is 0 Å². The number of benzene rings is 2. The molecular weight excluding hydrogens is 350 g/mol. The van der Waals surface area contributed by atoms with Gasteiger partial charge in [-0.15, -0.1) is 10.2 Å². The van der Waals surface area contributed by atoms with Crippen LogP contribution in [0.4, 0.5) is 0 Å². The predicted molar refractivity (Wildman–Crippen MR) is 102 cm³/mol. The number of halogens is 1. The number of rotatable bonds is 9. The topological polar surface area (TPSA) is 51.4 Å². The van der Waals surface area contributed by atoms with Gasteiger partial charge in [0.2, 0.25) is 11.8 Å². The van der Waals surface area contributed by atoms with E-state index in [1.54, 1.807) is 0 Å². The second-order valence-electron chi connectivity index (χ2n) is 5.92. The summed E-state index contributed by atoms with van der Waals surface area (Å²) in [6.45, 7) is 5.06. The number of aromatic nitrogens is 2. The van der Waals surface area contributed by atoms with Gasteiger partial charge in [-0.2, -0.15) is 0 Å². The molecule has 0 saturated heterocycles. The van der Waals surface area contributed by atoms with Crippen molar-refractivity contribution in [3.63, 3.8) is 0 Å². The average molecular weight is 372 g/mol. The smallest absolute Gasteiger partial charge is 0.249 e. The summed E-state index contributed by atoms with van der Waals surface area (Å²) in [5.74, 6) is 1.90. The molecule has 0 unspecified atom stereocenters. The first-order valence-corrected chi connectivity index (χ1v) is 9.11. The fourth-order valence-corrected chi connectivity index (χ4v) is 2.86. The normalized spacial score (nSPS) is 11.0. The first-order valence-electron chi connectivity index (χ1n) is 8.73. The number of hydrogen-bond acceptors (Lipinski definition) is 5. The van der Waals surface area contributed by atoms with Gasteiger partial charge < -0.3 is 9.15 Å². The molecule has 0 radical (unpaired) electrons. The van der Waals surface area contributed by atoms with Crippen molar-refractivity contribution < 1.29 is 9.15 Å². The van der Waals surface area contributed by atoms with Crippen LogP contribution in [-0.2, 0) is 6.54 Å². The van der Waals surface area contributed by atoms with E-state index < -0.39 is 0 Å². The molecule has 0 atom stereocenters. The van der Waals surface area contributed by atoms with Crippen LogP contribution in [0.15, 0.2) is 59.0 Å². The van der Waals surface area contributed by atoms with Crippen molar-refractivity contribution in [1.29, 1.82) is 0 Å². The van der Waals surface area contributed by atoms with Crippen molar-refractivity contribution >= 4 is 11.6 Å². The maximum atomic E-state index is 6.20. The van der Waals surface area contributed by atoms with E-state index >= 15 is 0 Å². The van der Waals surface area contributed by atoms with Crippen molar-refractivity contribution in [2.75, 3.05) is 19.7 Å². The van der Waals surface area contributed by atoms with Crippen LogP contribution in [-0.4, -0.2) is 34.8 Å². The minimum atomic E-state index is 0.447. The van der Waals surface area contributed by atoms with Gasteiger partial charge >= 0.3 is 0 Å². The molecule has 1 heterocycles. The Labute approximate surface area is 158 Å². The van der Waals surface area contributed by atoms with Crippen LogP contribution in [0.3, 0.4) is 0 Å². The van der Waals surface area contributed by atoms with Crippen molar-refractivity contribution in [2.45, 2.75) is 19.9 Å². The van der Waals surface area contributed by atoms with Crippen LogP contribution < -0.4 is 4.74 Å². The molecule has 0 aliphatic carbocycles. The zero-order valence-corrected chi connectivity index (χ0v) is 15.5. The summed E-state index contributed by atoms with van der Waals surface area (Å²) in [6, 6.07) is 17.3. The van der Waals surface area contributed by atoms with Crippen LogP contribution in [0.1, 0.15) is 19.2 Å². The Balaban J connectivity index is 1.58. The molecular formula is C20H22ClN3O2. The summed E-state index contributed by atoms with van der Waals surface area (Å²) in [7, 11) is 0. The molecule has 0 amide bonds. The summed E-state index contributed by atoms with van der Waals surface area (Å²) in [6.07, 6.45) is 1.04. The SMILES string of the molecule is CCCN(CCOc1ccccc1)Cc1nnc(-c2ccccc2Cl)o1. The van der Waals surface area contributed by atoms with Gasteiger partial charge in [-0.05, 0) is 37.2 Å². The monoisotopic (exact) mass is 371 g/mol. The molecule has 2 aromatic carbocycles. The fourth-order valence-electron chi connectivity index (χ4n) is 2.65. The summed E-state index contributed by atoms with van der Waals surface area (Å²) in [4.78, 5) is 2.24. The molecule has 0 N–H and O–H groups in total. The zero-order valence-electron chi connectivity index (χ0n) is 14.8. The second-order valence-corrected chi connectivity index (χ2v) is 6.33. The molecule has 6 heteroatoms. The first-order chi connectivity index (χ1) is 12.8. The van der Waals surface area contributed by atoms with Crippen molar-refractivity contribution in [3.05, 3.63) is 65.5 Å². The predicted octanol–water partition coefficient (Wildman–Crippen LogP) is 4.68. The van der Waals surface area contributed by atoms with Gasteiger partial charge in [0, 0.05) is 6.54 Å². The van der Waals surface area contributed by atoms with Crippen LogP contribution in [0.5, 0.6) is 5.75 Å². The first kappa shape index (κ1) is 18.4. The third-order valence-corrected chi connectivity index (χ3v) is 4.22. The summed E-state index contributed by atoms with van der Waals surface area (Å²) in [5.41, 5.74) is 0.752. The molecule has 0 spiro atoms. The molecule has 0 bridgehead atoms. The van der Waals surface area contributed by atoms with Crippen LogP contribution in [0, 0.1) is 0 Å². The lowest BCUT2D eigenvalue weighted by molar-refractivity contribution is 0.190. The van der Waals surface area contributed by atoms with Gasteiger partial charge in [-0.3, -0.25) is 4.90 Å². The van der Waals surface area contributed by atoms with Gasteiger partial charge in [0.1, 0.15) is 12.4 Å². The van der Waals surface area contributed by atoms with E-state index in [0.717, 1.165) is 30.8 Å². The molecule has 3 aromatic rings. The van der Waals surface area contributed by atoms with Crippen molar-refractivity contribution in [2.24, 2.45) is 0 Å². The molecule has 0 aliphatic rings. The Morgan fingerprint density at radius 2 is 1.77 bits per heavy atom. The molecule has 0 aliphatic heterocycles. The lowest BCUT2D eigenvalue weighted by Crippen LogP contribution is -2.29. The van der Waals surface area contributed by atoms with Gasteiger partial charge in [-0.25, -0.2) is 0 Å². The van der Waals surface area contributed by atoms with Gasteiger partial charge in [0.15, 0.2) is 0 Å². The van der Waals surface area contributed by atoms with E-state index in [9.17, 15) is 0 Å². The molecule has 0 saturated carbocycles. The van der Waals surface area contributed by atoms with Crippen molar-refractivity contribution in [1.82, 2.24) is 15.1 Å². The fraction of sp³-hybridized carbons (Fsp3) is 0.300. The summed E-state index contributed by atoms with van der Waals surface area (Å²) in [5, 5.41) is 8.89. The molecule has 0 fully saturated rings. The Morgan fingerprint density at radius 1 is 1.00 bits per heavy atom. The number of hydrogen-bond donors (Lipinski definition) is 0. The Morgan fingerprint density at radius 3 is 2.54 bits per heavy atom. The minimum absolute atomic E-state index is 0.447. The molecule has 3 rings (SSSR count). The molecule has 1 aromatic heterocycles. The molecule has 136 valence electrons.